The molecule has 130 valence electrons. The van der Waals surface area contributed by atoms with Crippen LogP contribution in [0.1, 0.15) is 20.7 Å². The maximum Gasteiger partial charge on any atom is 0.255 e. The molecule has 0 aliphatic heterocycles. The van der Waals surface area contributed by atoms with Crippen molar-refractivity contribution in [3.8, 4) is 0 Å². The molecule has 6 heteroatoms. The number of carbonyl (C=O) groups excluding carboxylic acids is 2. The SMILES string of the molecule is O=C(Nc1cccc(NC(=O)c2cccc(Br)c2)c1)c1ccc(F)cc1. The molecule has 0 radical (unpaired) electrons. The van der Waals surface area contributed by atoms with Gasteiger partial charge in [0.2, 0.25) is 0 Å². The molecule has 2 amide bonds. The summed E-state index contributed by atoms with van der Waals surface area (Å²) >= 11 is 3.33. The van der Waals surface area contributed by atoms with Crippen LogP contribution in [-0.4, -0.2) is 11.8 Å². The van der Waals surface area contributed by atoms with E-state index in [1.807, 2.05) is 6.07 Å². The molecule has 0 aliphatic carbocycles. The molecule has 0 atom stereocenters. The number of amides is 2. The third kappa shape index (κ3) is 4.55. The summed E-state index contributed by atoms with van der Waals surface area (Å²) in [6, 6.07) is 19.1. The van der Waals surface area contributed by atoms with E-state index in [1.54, 1.807) is 42.5 Å². The normalized spacial score (nSPS) is 10.2. The van der Waals surface area contributed by atoms with Crippen molar-refractivity contribution in [3.63, 3.8) is 0 Å². The van der Waals surface area contributed by atoms with Crippen LogP contribution >= 0.6 is 15.9 Å². The molecular weight excluding hydrogens is 399 g/mol. The largest absolute Gasteiger partial charge is 0.322 e. The summed E-state index contributed by atoms with van der Waals surface area (Å²) < 4.78 is 13.8. The van der Waals surface area contributed by atoms with Crippen molar-refractivity contribution in [3.05, 3.63) is 94.2 Å². The monoisotopic (exact) mass is 412 g/mol. The summed E-state index contributed by atoms with van der Waals surface area (Å²) in [6.45, 7) is 0. The molecule has 0 aliphatic rings. The van der Waals surface area contributed by atoms with Gasteiger partial charge in [0, 0.05) is 27.0 Å². The predicted molar refractivity (Wildman–Crippen MR) is 103 cm³/mol. The number of anilines is 2. The lowest BCUT2D eigenvalue weighted by Crippen LogP contribution is -2.14. The number of hydrogen-bond donors (Lipinski definition) is 2. The van der Waals surface area contributed by atoms with Gasteiger partial charge in [-0.25, -0.2) is 4.39 Å². The predicted octanol–water partition coefficient (Wildman–Crippen LogP) is 5.09. The number of carbonyl (C=O) groups is 2. The van der Waals surface area contributed by atoms with E-state index in [1.165, 1.54) is 24.3 Å². The topological polar surface area (TPSA) is 58.2 Å². The van der Waals surface area contributed by atoms with Gasteiger partial charge in [0.1, 0.15) is 5.82 Å². The van der Waals surface area contributed by atoms with Gasteiger partial charge < -0.3 is 10.6 Å². The highest BCUT2D eigenvalue weighted by atomic mass is 79.9. The molecule has 0 spiro atoms. The second-order valence-electron chi connectivity index (χ2n) is 5.51. The van der Waals surface area contributed by atoms with E-state index in [2.05, 4.69) is 26.6 Å². The van der Waals surface area contributed by atoms with E-state index in [-0.39, 0.29) is 11.8 Å². The van der Waals surface area contributed by atoms with E-state index < -0.39 is 5.82 Å². The van der Waals surface area contributed by atoms with Crippen LogP contribution in [0.2, 0.25) is 0 Å². The second-order valence-corrected chi connectivity index (χ2v) is 6.42. The smallest absolute Gasteiger partial charge is 0.255 e. The molecule has 3 aromatic rings. The number of benzene rings is 3. The van der Waals surface area contributed by atoms with Crippen LogP contribution in [0, 0.1) is 5.82 Å². The average Bonchev–Trinajstić information content (AvgIpc) is 2.62. The summed E-state index contributed by atoms with van der Waals surface area (Å²) in [5.41, 5.74) is 1.92. The van der Waals surface area contributed by atoms with Crippen molar-refractivity contribution in [1.29, 1.82) is 0 Å². The second kappa shape index (κ2) is 7.93. The third-order valence-electron chi connectivity index (χ3n) is 3.57. The lowest BCUT2D eigenvalue weighted by molar-refractivity contribution is 0.101. The number of halogens is 2. The first-order valence-corrected chi connectivity index (χ1v) is 8.54. The van der Waals surface area contributed by atoms with E-state index in [9.17, 15) is 14.0 Å². The van der Waals surface area contributed by atoms with Crippen LogP contribution in [0.15, 0.2) is 77.3 Å². The maximum atomic E-state index is 12.9. The molecule has 3 rings (SSSR count). The number of nitrogens with one attached hydrogen (secondary N) is 2. The van der Waals surface area contributed by atoms with Crippen molar-refractivity contribution >= 4 is 39.1 Å². The Morgan fingerprint density at radius 3 is 1.92 bits per heavy atom. The van der Waals surface area contributed by atoms with E-state index in [4.69, 9.17) is 0 Å². The highest BCUT2D eigenvalue weighted by molar-refractivity contribution is 9.10. The minimum atomic E-state index is -0.404. The Morgan fingerprint density at radius 2 is 1.31 bits per heavy atom. The van der Waals surface area contributed by atoms with Crippen LogP contribution < -0.4 is 10.6 Å². The van der Waals surface area contributed by atoms with Crippen LogP contribution in [0.3, 0.4) is 0 Å². The standard InChI is InChI=1S/C20H14BrFN2O2/c21-15-4-1-3-14(11-15)20(26)24-18-6-2-5-17(12-18)23-19(25)13-7-9-16(22)10-8-13/h1-12H,(H,23,25)(H,24,26). The van der Waals surface area contributed by atoms with Gasteiger partial charge in [-0.05, 0) is 60.7 Å². The van der Waals surface area contributed by atoms with Crippen LogP contribution in [-0.2, 0) is 0 Å². The molecule has 0 bridgehead atoms. The minimum absolute atomic E-state index is 0.256. The first-order chi connectivity index (χ1) is 12.5. The summed E-state index contributed by atoms with van der Waals surface area (Å²) in [5.74, 6) is -1.02. The fraction of sp³-hybridized carbons (Fsp3) is 0. The summed E-state index contributed by atoms with van der Waals surface area (Å²) in [6.07, 6.45) is 0. The maximum absolute atomic E-state index is 12.9. The lowest BCUT2D eigenvalue weighted by Gasteiger charge is -2.09. The summed E-state index contributed by atoms with van der Waals surface area (Å²) in [4.78, 5) is 24.5. The Hall–Kier alpha value is -2.99. The highest BCUT2D eigenvalue weighted by Gasteiger charge is 2.09. The molecule has 2 N–H and O–H groups in total. The molecule has 0 saturated carbocycles. The third-order valence-corrected chi connectivity index (χ3v) is 4.06. The van der Waals surface area contributed by atoms with Gasteiger partial charge in [-0.2, -0.15) is 0 Å². The molecule has 26 heavy (non-hydrogen) atoms. The average molecular weight is 413 g/mol. The molecule has 0 heterocycles. The van der Waals surface area contributed by atoms with E-state index in [0.29, 0.717) is 22.5 Å². The summed E-state index contributed by atoms with van der Waals surface area (Å²) in [5, 5.41) is 5.51. The molecule has 0 aromatic heterocycles. The molecule has 0 saturated heterocycles. The first kappa shape index (κ1) is 17.8. The van der Waals surface area contributed by atoms with E-state index in [0.717, 1.165) is 4.47 Å². The van der Waals surface area contributed by atoms with Crippen molar-refractivity contribution in [2.24, 2.45) is 0 Å². The van der Waals surface area contributed by atoms with Crippen molar-refractivity contribution in [2.75, 3.05) is 10.6 Å². The van der Waals surface area contributed by atoms with Gasteiger partial charge in [0.15, 0.2) is 0 Å². The Kier molecular flexibility index (Phi) is 5.43. The van der Waals surface area contributed by atoms with Crippen LogP contribution in [0.4, 0.5) is 15.8 Å². The van der Waals surface area contributed by atoms with Gasteiger partial charge in [-0.1, -0.05) is 28.1 Å². The van der Waals surface area contributed by atoms with Crippen molar-refractivity contribution < 1.29 is 14.0 Å². The minimum Gasteiger partial charge on any atom is -0.322 e. The first-order valence-electron chi connectivity index (χ1n) is 7.75. The van der Waals surface area contributed by atoms with Gasteiger partial charge >= 0.3 is 0 Å². The van der Waals surface area contributed by atoms with Crippen molar-refractivity contribution in [1.82, 2.24) is 0 Å². The fourth-order valence-corrected chi connectivity index (χ4v) is 2.71. The Morgan fingerprint density at radius 1 is 0.731 bits per heavy atom. The molecule has 4 nitrogen and oxygen atoms in total. The Bertz CT molecular complexity index is 958. The van der Waals surface area contributed by atoms with Crippen molar-refractivity contribution in [2.45, 2.75) is 0 Å². The summed E-state index contributed by atoms with van der Waals surface area (Å²) in [7, 11) is 0. The van der Waals surface area contributed by atoms with Gasteiger partial charge in [-0.3, -0.25) is 9.59 Å². The quantitative estimate of drug-likeness (QED) is 0.626. The highest BCUT2D eigenvalue weighted by Crippen LogP contribution is 2.18. The van der Waals surface area contributed by atoms with Gasteiger partial charge in [0.05, 0.1) is 0 Å². The van der Waals surface area contributed by atoms with Gasteiger partial charge in [-0.15, -0.1) is 0 Å². The fourth-order valence-electron chi connectivity index (χ4n) is 2.31. The molecule has 0 fully saturated rings. The zero-order valence-electron chi connectivity index (χ0n) is 13.5. The molecule has 0 unspecified atom stereocenters. The lowest BCUT2D eigenvalue weighted by atomic mass is 10.2. The zero-order chi connectivity index (χ0) is 18.5. The number of hydrogen-bond acceptors (Lipinski definition) is 2. The van der Waals surface area contributed by atoms with Crippen LogP contribution in [0.25, 0.3) is 0 Å². The Balaban J connectivity index is 1.71. The Labute approximate surface area is 158 Å². The van der Waals surface area contributed by atoms with Crippen LogP contribution in [0.5, 0.6) is 0 Å². The zero-order valence-corrected chi connectivity index (χ0v) is 15.1. The van der Waals surface area contributed by atoms with E-state index >= 15 is 0 Å². The molecular formula is C20H14BrFN2O2. The molecule has 3 aromatic carbocycles. The number of rotatable bonds is 4. The van der Waals surface area contributed by atoms with Gasteiger partial charge in [0.25, 0.3) is 11.8 Å².